The van der Waals surface area contributed by atoms with Gasteiger partial charge in [-0.3, -0.25) is 9.59 Å². The molecule has 0 aliphatic heterocycles. The van der Waals surface area contributed by atoms with Gasteiger partial charge in [0.05, 0.1) is 24.0 Å². The topological polar surface area (TPSA) is 64.6 Å². The second-order valence-electron chi connectivity index (χ2n) is 5.50. The monoisotopic (exact) mass is 353 g/mol. The smallest absolute Gasteiger partial charge is 0.307 e. The minimum atomic E-state index is -0.379. The van der Waals surface area contributed by atoms with Crippen LogP contribution in [-0.2, 0) is 20.9 Å². The lowest BCUT2D eigenvalue weighted by Gasteiger charge is -2.09. The van der Waals surface area contributed by atoms with E-state index in [1.807, 2.05) is 0 Å². The molecule has 1 N–H and O–H groups in total. The first kappa shape index (κ1) is 18.4. The van der Waals surface area contributed by atoms with Crippen LogP contribution in [0.1, 0.15) is 35.5 Å². The van der Waals surface area contributed by atoms with E-state index in [1.54, 1.807) is 26.0 Å². The molecule has 130 valence electrons. The largest absolute Gasteiger partial charge is 0.463 e. The summed E-state index contributed by atoms with van der Waals surface area (Å²) in [7, 11) is 1.49. The predicted octanol–water partition coefficient (Wildman–Crippen LogP) is 3.26. The maximum atomic E-state index is 14.1. The van der Waals surface area contributed by atoms with Crippen LogP contribution in [0, 0.1) is 5.82 Å². The summed E-state index contributed by atoms with van der Waals surface area (Å²) in [6, 6.07) is 4.73. The molecule has 1 heterocycles. The molecule has 1 aromatic heterocycles. The molecule has 0 saturated carbocycles. The highest BCUT2D eigenvalue weighted by Crippen LogP contribution is 2.33. The van der Waals surface area contributed by atoms with Crippen molar-refractivity contribution in [2.45, 2.75) is 33.0 Å². The number of nitrogens with one attached hydrogen (secondary N) is 1. The molecule has 0 spiro atoms. The zero-order valence-corrected chi connectivity index (χ0v) is 14.7. The summed E-state index contributed by atoms with van der Waals surface area (Å²) in [4.78, 5) is 24.3. The molecule has 0 bridgehead atoms. The van der Waals surface area contributed by atoms with Gasteiger partial charge in [-0.2, -0.15) is 0 Å². The predicted molar refractivity (Wildman–Crippen MR) is 90.7 cm³/mol. The molecule has 0 atom stereocenters. The van der Waals surface area contributed by atoms with Crippen LogP contribution in [0.4, 0.5) is 4.39 Å². The minimum absolute atomic E-state index is 0.0861. The fourth-order valence-corrected chi connectivity index (χ4v) is 3.45. The lowest BCUT2D eigenvalue weighted by atomic mass is 10.1. The molecule has 7 heteroatoms. The Kier molecular flexibility index (Phi) is 6.28. The van der Waals surface area contributed by atoms with E-state index in [1.165, 1.54) is 24.5 Å². The van der Waals surface area contributed by atoms with Crippen LogP contribution in [0.2, 0.25) is 0 Å². The standard InChI is InChI=1S/C17H20FNO4S/c1-10(2)23-14(20)7-8-19-17(21)16-11(9-22-3)15-12(18)5-4-6-13(15)24-16/h4-6,10H,7-9H2,1-3H3,(H,19,21). The van der Waals surface area contributed by atoms with Crippen molar-refractivity contribution in [2.75, 3.05) is 13.7 Å². The summed E-state index contributed by atoms with van der Waals surface area (Å²) in [5.41, 5.74) is 0.526. The molecular weight excluding hydrogens is 333 g/mol. The third kappa shape index (κ3) is 4.30. The number of hydrogen-bond donors (Lipinski definition) is 1. The van der Waals surface area contributed by atoms with E-state index < -0.39 is 0 Å². The van der Waals surface area contributed by atoms with Crippen LogP contribution < -0.4 is 5.32 Å². The van der Waals surface area contributed by atoms with Gasteiger partial charge in [-0.15, -0.1) is 11.3 Å². The van der Waals surface area contributed by atoms with Gasteiger partial charge in [0.2, 0.25) is 0 Å². The summed E-state index contributed by atoms with van der Waals surface area (Å²) < 4.78 is 24.9. The van der Waals surface area contributed by atoms with E-state index in [0.717, 1.165) is 0 Å². The second-order valence-corrected chi connectivity index (χ2v) is 6.55. The molecular formula is C17H20FNO4S. The van der Waals surface area contributed by atoms with Gasteiger partial charge in [-0.05, 0) is 26.0 Å². The van der Waals surface area contributed by atoms with Crippen molar-refractivity contribution in [1.29, 1.82) is 0 Å². The fraction of sp³-hybridized carbons (Fsp3) is 0.412. The zero-order valence-electron chi connectivity index (χ0n) is 13.8. The maximum Gasteiger partial charge on any atom is 0.307 e. The SMILES string of the molecule is COCc1c(C(=O)NCCC(=O)OC(C)C)sc2cccc(F)c12. The molecule has 1 amide bonds. The minimum Gasteiger partial charge on any atom is -0.463 e. The number of methoxy groups -OCH3 is 1. The first-order valence-corrected chi connectivity index (χ1v) is 8.42. The van der Waals surface area contributed by atoms with Crippen LogP contribution in [0.3, 0.4) is 0 Å². The van der Waals surface area contributed by atoms with Crippen LogP contribution in [0.25, 0.3) is 10.1 Å². The Morgan fingerprint density at radius 1 is 1.33 bits per heavy atom. The average Bonchev–Trinajstić information content (AvgIpc) is 2.87. The molecule has 2 aromatic rings. The van der Waals surface area contributed by atoms with Crippen molar-refractivity contribution in [3.05, 3.63) is 34.5 Å². The Hall–Kier alpha value is -1.99. The highest BCUT2D eigenvalue weighted by atomic mass is 32.1. The number of rotatable bonds is 7. The number of thiophene rings is 1. The van der Waals surface area contributed by atoms with Gasteiger partial charge in [0.1, 0.15) is 5.82 Å². The number of amides is 1. The molecule has 0 unspecified atom stereocenters. The molecule has 0 fully saturated rings. The molecule has 1 aromatic carbocycles. The molecule has 0 saturated heterocycles. The lowest BCUT2D eigenvalue weighted by molar-refractivity contribution is -0.147. The Morgan fingerprint density at radius 2 is 2.08 bits per heavy atom. The van der Waals surface area contributed by atoms with Crippen LogP contribution >= 0.6 is 11.3 Å². The van der Waals surface area contributed by atoms with Crippen molar-refractivity contribution >= 4 is 33.3 Å². The van der Waals surface area contributed by atoms with Crippen LogP contribution in [0.15, 0.2) is 18.2 Å². The Labute approximate surface area is 143 Å². The number of halogens is 1. The van der Waals surface area contributed by atoms with Crippen LogP contribution in [-0.4, -0.2) is 31.6 Å². The van der Waals surface area contributed by atoms with Gasteiger partial charge in [0, 0.05) is 29.3 Å². The first-order chi connectivity index (χ1) is 11.4. The van der Waals surface area contributed by atoms with E-state index in [0.29, 0.717) is 20.5 Å². The molecule has 0 aliphatic carbocycles. The first-order valence-electron chi connectivity index (χ1n) is 7.60. The van der Waals surface area contributed by atoms with Crippen molar-refractivity contribution in [3.8, 4) is 0 Å². The second kappa shape index (κ2) is 8.21. The maximum absolute atomic E-state index is 14.1. The number of esters is 1. The third-order valence-electron chi connectivity index (χ3n) is 3.24. The lowest BCUT2D eigenvalue weighted by Crippen LogP contribution is -2.27. The average molecular weight is 353 g/mol. The van der Waals surface area contributed by atoms with E-state index in [9.17, 15) is 14.0 Å². The van der Waals surface area contributed by atoms with Crippen molar-refractivity contribution < 1.29 is 23.5 Å². The summed E-state index contributed by atoms with van der Waals surface area (Å²) >= 11 is 1.21. The Bertz CT molecular complexity index is 742. The summed E-state index contributed by atoms with van der Waals surface area (Å²) in [6.45, 7) is 3.82. The van der Waals surface area contributed by atoms with Gasteiger partial charge >= 0.3 is 5.97 Å². The molecule has 5 nitrogen and oxygen atoms in total. The van der Waals surface area contributed by atoms with Gasteiger partial charge in [-0.1, -0.05) is 6.07 Å². The highest BCUT2D eigenvalue weighted by Gasteiger charge is 2.20. The van der Waals surface area contributed by atoms with Gasteiger partial charge < -0.3 is 14.8 Å². The fourth-order valence-electron chi connectivity index (χ4n) is 2.31. The number of fused-ring (bicyclic) bond motifs is 1. The molecule has 0 aliphatic rings. The number of carbonyl (C=O) groups excluding carboxylic acids is 2. The molecule has 2 rings (SSSR count). The van der Waals surface area contributed by atoms with E-state index in [2.05, 4.69) is 5.32 Å². The van der Waals surface area contributed by atoms with Crippen LogP contribution in [0.5, 0.6) is 0 Å². The highest BCUT2D eigenvalue weighted by molar-refractivity contribution is 7.21. The normalized spacial score (nSPS) is 11.0. The summed E-state index contributed by atoms with van der Waals surface area (Å²) in [6.07, 6.45) is -0.102. The van der Waals surface area contributed by atoms with Crippen molar-refractivity contribution in [1.82, 2.24) is 5.32 Å². The zero-order chi connectivity index (χ0) is 17.7. The Balaban J connectivity index is 2.13. The van der Waals surface area contributed by atoms with Gasteiger partial charge in [0.15, 0.2) is 0 Å². The van der Waals surface area contributed by atoms with Gasteiger partial charge in [0.25, 0.3) is 5.91 Å². The quantitative estimate of drug-likeness (QED) is 0.776. The third-order valence-corrected chi connectivity index (χ3v) is 4.44. The molecule has 0 radical (unpaired) electrons. The number of hydrogen-bond acceptors (Lipinski definition) is 5. The van der Waals surface area contributed by atoms with Crippen molar-refractivity contribution in [2.24, 2.45) is 0 Å². The Morgan fingerprint density at radius 3 is 2.75 bits per heavy atom. The number of ether oxygens (including phenoxy) is 2. The summed E-state index contributed by atoms with van der Waals surface area (Å²) in [5.74, 6) is -1.10. The van der Waals surface area contributed by atoms with Gasteiger partial charge in [-0.25, -0.2) is 4.39 Å². The van der Waals surface area contributed by atoms with E-state index >= 15 is 0 Å². The van der Waals surface area contributed by atoms with Crippen molar-refractivity contribution in [3.63, 3.8) is 0 Å². The number of carbonyl (C=O) groups is 2. The van der Waals surface area contributed by atoms with E-state index in [-0.39, 0.29) is 43.4 Å². The number of benzene rings is 1. The van der Waals surface area contributed by atoms with E-state index in [4.69, 9.17) is 9.47 Å². The molecule has 24 heavy (non-hydrogen) atoms. The summed E-state index contributed by atoms with van der Waals surface area (Å²) in [5, 5.41) is 3.09.